The summed E-state index contributed by atoms with van der Waals surface area (Å²) in [6.45, 7) is 2.64. The number of benzene rings is 1. The quantitative estimate of drug-likeness (QED) is 0.735. The molecule has 0 spiro atoms. The van der Waals surface area contributed by atoms with E-state index >= 15 is 0 Å². The average molecular weight is 332 g/mol. The number of aromatic nitrogens is 3. The van der Waals surface area contributed by atoms with Crippen LogP contribution in [-0.4, -0.2) is 21.0 Å². The highest BCUT2D eigenvalue weighted by Crippen LogP contribution is 2.17. The molecule has 102 valence electrons. The first kappa shape index (κ1) is 13.1. The van der Waals surface area contributed by atoms with E-state index in [1.54, 1.807) is 6.20 Å². The molecule has 4 nitrogen and oxygen atoms in total. The van der Waals surface area contributed by atoms with Crippen molar-refractivity contribution in [2.24, 2.45) is 0 Å². The van der Waals surface area contributed by atoms with Gasteiger partial charge in [0.2, 0.25) is 0 Å². The largest absolute Gasteiger partial charge is 0.493 e. The zero-order chi connectivity index (χ0) is 13.9. The van der Waals surface area contributed by atoms with Crippen molar-refractivity contribution >= 4 is 21.6 Å². The number of aryl methyl sites for hydroxylation is 1. The van der Waals surface area contributed by atoms with Crippen LogP contribution in [0.2, 0.25) is 0 Å². The topological polar surface area (TPSA) is 39.4 Å². The summed E-state index contributed by atoms with van der Waals surface area (Å²) < 4.78 is 8.50. The van der Waals surface area contributed by atoms with Crippen molar-refractivity contribution in [3.63, 3.8) is 0 Å². The van der Waals surface area contributed by atoms with E-state index in [0.717, 1.165) is 28.2 Å². The van der Waals surface area contributed by atoms with Gasteiger partial charge in [-0.3, -0.25) is 4.40 Å². The van der Waals surface area contributed by atoms with Crippen molar-refractivity contribution in [3.8, 4) is 5.75 Å². The van der Waals surface area contributed by atoms with E-state index in [-0.39, 0.29) is 0 Å². The highest BCUT2D eigenvalue weighted by atomic mass is 79.9. The van der Waals surface area contributed by atoms with Crippen LogP contribution < -0.4 is 4.74 Å². The van der Waals surface area contributed by atoms with Gasteiger partial charge in [-0.2, -0.15) is 0 Å². The summed E-state index contributed by atoms with van der Waals surface area (Å²) in [5, 5.41) is 0. The second-order valence-corrected chi connectivity index (χ2v) is 5.30. The molecule has 0 saturated heterocycles. The fourth-order valence-electron chi connectivity index (χ4n) is 2.09. The third kappa shape index (κ3) is 2.67. The van der Waals surface area contributed by atoms with Gasteiger partial charge in [0.15, 0.2) is 10.3 Å². The number of rotatable bonds is 4. The summed E-state index contributed by atoms with van der Waals surface area (Å²) in [4.78, 5) is 8.77. The lowest BCUT2D eigenvalue weighted by Gasteiger charge is -2.06. The van der Waals surface area contributed by atoms with E-state index in [4.69, 9.17) is 4.74 Å². The molecule has 0 N–H and O–H groups in total. The first-order valence-electron chi connectivity index (χ1n) is 6.41. The molecule has 2 heterocycles. The third-order valence-corrected chi connectivity index (χ3v) is 3.55. The predicted octanol–water partition coefficient (Wildman–Crippen LogP) is 3.42. The molecule has 0 fully saturated rings. The van der Waals surface area contributed by atoms with Crippen molar-refractivity contribution in [3.05, 3.63) is 58.7 Å². The molecule has 20 heavy (non-hydrogen) atoms. The van der Waals surface area contributed by atoms with E-state index in [0.29, 0.717) is 6.61 Å². The molecule has 0 atom stereocenters. The summed E-state index contributed by atoms with van der Waals surface area (Å²) in [6, 6.07) is 9.94. The minimum Gasteiger partial charge on any atom is -0.493 e. The van der Waals surface area contributed by atoms with Gasteiger partial charge in [0.1, 0.15) is 11.6 Å². The van der Waals surface area contributed by atoms with Crippen LogP contribution in [0.3, 0.4) is 0 Å². The van der Waals surface area contributed by atoms with Gasteiger partial charge in [-0.05, 0) is 46.6 Å². The standard InChI is InChI=1S/C15H14BrN3O/c1-11-4-2-5-12(10-11)20-9-6-13-18-14(16)15-17-7-3-8-19(13)15/h2-5,7-8,10H,6,9H2,1H3. The number of hydrogen-bond donors (Lipinski definition) is 0. The molecule has 3 rings (SSSR count). The molecular weight excluding hydrogens is 318 g/mol. The molecule has 0 aliphatic carbocycles. The fourth-order valence-corrected chi connectivity index (χ4v) is 2.59. The average Bonchev–Trinajstić information content (AvgIpc) is 2.77. The minimum absolute atomic E-state index is 0.587. The lowest BCUT2D eigenvalue weighted by Crippen LogP contribution is -2.05. The van der Waals surface area contributed by atoms with Crippen LogP contribution in [0.1, 0.15) is 11.4 Å². The molecule has 0 aliphatic rings. The van der Waals surface area contributed by atoms with Crippen molar-refractivity contribution in [2.45, 2.75) is 13.3 Å². The van der Waals surface area contributed by atoms with Crippen molar-refractivity contribution in [1.29, 1.82) is 0 Å². The van der Waals surface area contributed by atoms with Gasteiger partial charge < -0.3 is 4.74 Å². The first-order valence-corrected chi connectivity index (χ1v) is 7.20. The molecule has 2 aromatic heterocycles. The maximum atomic E-state index is 5.76. The Bertz CT molecular complexity index is 739. The molecule has 0 unspecified atom stereocenters. The van der Waals surface area contributed by atoms with Crippen LogP contribution in [0.15, 0.2) is 47.3 Å². The number of nitrogens with zero attached hydrogens (tertiary/aromatic N) is 3. The van der Waals surface area contributed by atoms with Crippen LogP contribution >= 0.6 is 15.9 Å². The second-order valence-electron chi connectivity index (χ2n) is 4.55. The summed E-state index contributed by atoms with van der Waals surface area (Å²) in [7, 11) is 0. The van der Waals surface area contributed by atoms with Gasteiger partial charge >= 0.3 is 0 Å². The number of fused-ring (bicyclic) bond motifs is 1. The monoisotopic (exact) mass is 331 g/mol. The fraction of sp³-hybridized carbons (Fsp3) is 0.200. The Morgan fingerprint density at radius 2 is 2.20 bits per heavy atom. The zero-order valence-corrected chi connectivity index (χ0v) is 12.7. The third-order valence-electron chi connectivity index (χ3n) is 3.02. The van der Waals surface area contributed by atoms with Gasteiger partial charge in [0, 0.05) is 18.8 Å². The molecule has 0 radical (unpaired) electrons. The second kappa shape index (κ2) is 5.63. The number of imidazole rings is 1. The number of ether oxygens (including phenoxy) is 1. The zero-order valence-electron chi connectivity index (χ0n) is 11.1. The Morgan fingerprint density at radius 3 is 3.05 bits per heavy atom. The van der Waals surface area contributed by atoms with Crippen molar-refractivity contribution in [1.82, 2.24) is 14.4 Å². The minimum atomic E-state index is 0.587. The van der Waals surface area contributed by atoms with E-state index in [1.807, 2.05) is 34.9 Å². The molecule has 0 aliphatic heterocycles. The molecule has 0 bridgehead atoms. The Labute approximate surface area is 125 Å². The number of halogens is 1. The predicted molar refractivity (Wildman–Crippen MR) is 81.1 cm³/mol. The van der Waals surface area contributed by atoms with E-state index in [9.17, 15) is 0 Å². The number of hydrogen-bond acceptors (Lipinski definition) is 3. The maximum Gasteiger partial charge on any atom is 0.171 e. The molecule has 5 heteroatoms. The van der Waals surface area contributed by atoms with Gasteiger partial charge in [-0.1, -0.05) is 12.1 Å². The van der Waals surface area contributed by atoms with Gasteiger partial charge in [0.25, 0.3) is 0 Å². The molecule has 0 saturated carbocycles. The lowest BCUT2D eigenvalue weighted by molar-refractivity contribution is 0.318. The molecule has 1 aromatic carbocycles. The summed E-state index contributed by atoms with van der Waals surface area (Å²) in [5.74, 6) is 1.83. The van der Waals surface area contributed by atoms with Gasteiger partial charge in [-0.15, -0.1) is 0 Å². The molecular formula is C15H14BrN3O. The highest BCUT2D eigenvalue weighted by molar-refractivity contribution is 9.10. The summed E-state index contributed by atoms with van der Waals surface area (Å²) >= 11 is 3.43. The first-order chi connectivity index (χ1) is 9.74. The summed E-state index contributed by atoms with van der Waals surface area (Å²) in [5.41, 5.74) is 2.03. The van der Waals surface area contributed by atoms with E-state index in [2.05, 4.69) is 38.9 Å². The van der Waals surface area contributed by atoms with Crippen molar-refractivity contribution in [2.75, 3.05) is 6.61 Å². The van der Waals surface area contributed by atoms with Crippen LogP contribution in [0.4, 0.5) is 0 Å². The Hall–Kier alpha value is -1.88. The normalized spacial score (nSPS) is 10.9. The lowest BCUT2D eigenvalue weighted by atomic mass is 10.2. The van der Waals surface area contributed by atoms with Crippen LogP contribution in [0, 0.1) is 6.92 Å². The van der Waals surface area contributed by atoms with E-state index in [1.165, 1.54) is 5.56 Å². The van der Waals surface area contributed by atoms with Crippen LogP contribution in [0.5, 0.6) is 5.75 Å². The Morgan fingerprint density at radius 1 is 1.30 bits per heavy atom. The Kier molecular flexibility index (Phi) is 3.69. The molecule has 3 aromatic rings. The van der Waals surface area contributed by atoms with Crippen LogP contribution in [-0.2, 0) is 6.42 Å². The summed E-state index contributed by atoms with van der Waals surface area (Å²) in [6.07, 6.45) is 4.45. The van der Waals surface area contributed by atoms with Gasteiger partial charge in [-0.25, -0.2) is 9.97 Å². The van der Waals surface area contributed by atoms with Gasteiger partial charge in [0.05, 0.1) is 6.61 Å². The maximum absolute atomic E-state index is 5.76. The SMILES string of the molecule is Cc1cccc(OCCc2nc(Br)c3ncccn23)c1. The smallest absolute Gasteiger partial charge is 0.171 e. The highest BCUT2D eigenvalue weighted by Gasteiger charge is 2.09. The van der Waals surface area contributed by atoms with Crippen molar-refractivity contribution < 1.29 is 4.74 Å². The van der Waals surface area contributed by atoms with Crippen LogP contribution in [0.25, 0.3) is 5.65 Å². The van der Waals surface area contributed by atoms with E-state index < -0.39 is 0 Å². The molecule has 0 amide bonds. The Balaban J connectivity index is 1.71.